The molecule has 2 saturated heterocycles. The van der Waals surface area contributed by atoms with Crippen molar-refractivity contribution in [1.29, 1.82) is 0 Å². The second kappa shape index (κ2) is 12.8. The molecule has 0 radical (unpaired) electrons. The Bertz CT molecular complexity index is 1520. The average Bonchev–Trinajstić information content (AvgIpc) is 3.74. The van der Waals surface area contributed by atoms with Crippen LogP contribution in [0.5, 0.6) is 0 Å². The third-order valence-corrected chi connectivity index (χ3v) is 8.04. The van der Waals surface area contributed by atoms with Gasteiger partial charge in [0.15, 0.2) is 5.82 Å². The summed E-state index contributed by atoms with van der Waals surface area (Å²) in [6, 6.07) is 10.5. The quantitative estimate of drug-likeness (QED) is 0.299. The average molecular weight is 613 g/mol. The molecule has 228 valence electrons. The van der Waals surface area contributed by atoms with Gasteiger partial charge >= 0.3 is 6.08 Å². The topological polar surface area (TPSA) is 149 Å². The Morgan fingerprint density at radius 1 is 0.977 bits per heavy atom. The highest BCUT2D eigenvalue weighted by Crippen LogP contribution is 2.33. The second-order valence-corrected chi connectivity index (χ2v) is 10.7. The number of nitrogens with zero attached hydrogens (tertiary/aromatic N) is 8. The third-order valence-electron chi connectivity index (χ3n) is 7.87. The fourth-order valence-corrected chi connectivity index (χ4v) is 5.82. The second-order valence-electron chi connectivity index (χ2n) is 10.4. The molecule has 4 aliphatic rings. The van der Waals surface area contributed by atoms with Crippen LogP contribution in [0, 0.1) is 6.08 Å². The maximum Gasteiger partial charge on any atom is 0.427 e. The number of ether oxygens (including phenoxy) is 1. The minimum Gasteiger partial charge on any atom is -0.387 e. The fraction of sp³-hybridized carbons (Fsp3) is 0.448. The number of aliphatic hydroxyl groups is 2. The van der Waals surface area contributed by atoms with Crippen molar-refractivity contribution in [1.82, 2.24) is 15.0 Å². The number of piperazine rings is 1. The Morgan fingerprint density at radius 2 is 1.65 bits per heavy atom. The first-order chi connectivity index (χ1) is 20.4. The van der Waals surface area contributed by atoms with Crippen LogP contribution < -0.4 is 20.1 Å². The number of nitrogen functional groups attached to an aromatic ring is 1. The molecule has 0 bridgehead atoms. The Hall–Kier alpha value is -3.78. The van der Waals surface area contributed by atoms with Crippen LogP contribution in [0.3, 0.4) is 0 Å². The molecule has 14 heteroatoms. The number of fused-ring (bicyclic) bond motifs is 2. The summed E-state index contributed by atoms with van der Waals surface area (Å²) in [6.45, 7) is 5.61. The van der Waals surface area contributed by atoms with Crippen LogP contribution in [0.2, 0.25) is 5.28 Å². The molecule has 6 heterocycles. The maximum atomic E-state index is 14.1. The van der Waals surface area contributed by atoms with Gasteiger partial charge in [0.05, 0.1) is 17.9 Å². The van der Waals surface area contributed by atoms with Gasteiger partial charge in [-0.1, -0.05) is 37.5 Å². The predicted molar refractivity (Wildman–Crippen MR) is 163 cm³/mol. The zero-order valence-corrected chi connectivity index (χ0v) is 23.8. The Balaban J connectivity index is 0.000000168. The largest absolute Gasteiger partial charge is 0.427 e. The third kappa shape index (κ3) is 5.90. The summed E-state index contributed by atoms with van der Waals surface area (Å²) in [6.07, 6.45) is 0.386. The highest BCUT2D eigenvalue weighted by atomic mass is 35.5. The van der Waals surface area contributed by atoms with Crippen LogP contribution in [0.15, 0.2) is 40.3 Å². The molecular weight excluding hydrogens is 577 g/mol. The zero-order chi connectivity index (χ0) is 29.4. The monoisotopic (exact) mass is 612 g/mol. The number of halogens is 2. The molecular formula is C29H36ClFN9O3+. The van der Waals surface area contributed by atoms with Gasteiger partial charge in [0.2, 0.25) is 17.3 Å². The molecule has 4 aliphatic heterocycles. The Labute approximate surface area is 254 Å². The minimum absolute atomic E-state index is 0. The number of benzene rings is 1. The van der Waals surface area contributed by atoms with E-state index in [4.69, 9.17) is 22.1 Å². The van der Waals surface area contributed by atoms with Crippen molar-refractivity contribution in [3.05, 3.63) is 52.8 Å². The van der Waals surface area contributed by atoms with Gasteiger partial charge in [-0.25, -0.2) is 9.98 Å². The van der Waals surface area contributed by atoms with Gasteiger partial charge in [0.1, 0.15) is 18.0 Å². The number of nitrogens with two attached hydrogens (primary N) is 1. The van der Waals surface area contributed by atoms with E-state index < -0.39 is 30.6 Å². The summed E-state index contributed by atoms with van der Waals surface area (Å²) < 4.78 is 20.7. The van der Waals surface area contributed by atoms with Gasteiger partial charge in [-0.3, -0.25) is 0 Å². The van der Waals surface area contributed by atoms with Crippen molar-refractivity contribution >= 4 is 53.0 Å². The molecule has 4 N–H and O–H groups in total. The van der Waals surface area contributed by atoms with E-state index >= 15 is 0 Å². The number of aliphatic imine (C=N–C) groups is 2. The van der Waals surface area contributed by atoms with Crippen molar-refractivity contribution in [2.24, 2.45) is 9.98 Å². The van der Waals surface area contributed by atoms with E-state index in [1.54, 1.807) is 6.21 Å². The summed E-state index contributed by atoms with van der Waals surface area (Å²) >= 11 is 6.04. The molecule has 2 aromatic heterocycles. The SMILES string of the molecule is C.CC[C@@H]1O[C@H]([n+]2c(F)nc(N)c3c2N=CC3)[C@H](O)[C@H]1O.Clc1nc2c(c(N3CCN(c4ccccc4)CC3)n1)CC=N2. The van der Waals surface area contributed by atoms with Crippen LogP contribution in [-0.4, -0.2) is 82.1 Å². The number of hydrogen-bond donors (Lipinski definition) is 3. The number of rotatable bonds is 4. The van der Waals surface area contributed by atoms with Crippen LogP contribution in [0.1, 0.15) is 38.1 Å². The number of hydrogen-bond acceptors (Lipinski definition) is 11. The summed E-state index contributed by atoms with van der Waals surface area (Å²) in [4.78, 5) is 25.3. The van der Waals surface area contributed by atoms with E-state index in [1.807, 2.05) is 19.2 Å². The first kappa shape index (κ1) is 30.7. The summed E-state index contributed by atoms with van der Waals surface area (Å²) in [7, 11) is 0. The molecule has 0 spiro atoms. The van der Waals surface area contributed by atoms with Gasteiger partial charge in [0.25, 0.3) is 5.82 Å². The van der Waals surface area contributed by atoms with E-state index in [-0.39, 0.29) is 24.3 Å². The van der Waals surface area contributed by atoms with E-state index in [0.29, 0.717) is 18.4 Å². The molecule has 7 rings (SSSR count). The first-order valence-corrected chi connectivity index (χ1v) is 14.3. The van der Waals surface area contributed by atoms with Crippen LogP contribution in [0.4, 0.5) is 33.3 Å². The number of aromatic nitrogens is 4. The molecule has 0 amide bonds. The van der Waals surface area contributed by atoms with Crippen molar-refractivity contribution in [2.75, 3.05) is 41.7 Å². The van der Waals surface area contributed by atoms with Gasteiger partial charge in [-0.2, -0.15) is 9.55 Å². The lowest BCUT2D eigenvalue weighted by atomic mass is 10.1. The van der Waals surface area contributed by atoms with Crippen molar-refractivity contribution in [3.63, 3.8) is 0 Å². The molecule has 0 unspecified atom stereocenters. The lowest BCUT2D eigenvalue weighted by molar-refractivity contribution is -0.780. The Morgan fingerprint density at radius 3 is 2.35 bits per heavy atom. The fourth-order valence-electron chi connectivity index (χ4n) is 5.66. The molecule has 43 heavy (non-hydrogen) atoms. The van der Waals surface area contributed by atoms with Gasteiger partial charge < -0.3 is 30.5 Å². The predicted octanol–water partition coefficient (Wildman–Crippen LogP) is 2.73. The van der Waals surface area contributed by atoms with Gasteiger partial charge in [-0.15, -0.1) is 9.38 Å². The van der Waals surface area contributed by atoms with E-state index in [0.717, 1.165) is 54.4 Å². The highest BCUT2D eigenvalue weighted by molar-refractivity contribution is 6.28. The molecule has 12 nitrogen and oxygen atoms in total. The number of para-hydroxylation sites is 1. The van der Waals surface area contributed by atoms with E-state index in [2.05, 4.69) is 59.0 Å². The van der Waals surface area contributed by atoms with E-state index in [9.17, 15) is 14.6 Å². The van der Waals surface area contributed by atoms with E-state index in [1.165, 1.54) is 5.69 Å². The first-order valence-electron chi connectivity index (χ1n) is 13.9. The van der Waals surface area contributed by atoms with Crippen molar-refractivity contribution < 1.29 is 23.9 Å². The van der Waals surface area contributed by atoms with Crippen LogP contribution >= 0.6 is 11.6 Å². The van der Waals surface area contributed by atoms with Crippen LogP contribution in [0.25, 0.3) is 0 Å². The maximum absolute atomic E-state index is 14.1. The molecule has 0 saturated carbocycles. The smallest absolute Gasteiger partial charge is 0.387 e. The molecule has 4 atom stereocenters. The highest BCUT2D eigenvalue weighted by Gasteiger charge is 2.48. The standard InChI is InChI=1S/C16H16ClN5.C12H15FN4O3.CH4/c17-16-19-14-13(6-7-18-14)15(20-16)22-10-8-21(9-11-22)12-4-2-1-3-5-12;1-2-6-7(18)8(19)11(20-6)17-10-5(3-4-15-10)9(14)16-12(17)13;/h1-5,7H,6,8-11H2;4,6-8,11,14,18-19H,2-3H2,1H3;1H4/p+1/t;6-,7-,8+,11-;/m.0./s1. The lowest BCUT2D eigenvalue weighted by Gasteiger charge is -2.37. The molecule has 0 aliphatic carbocycles. The van der Waals surface area contributed by atoms with Crippen LogP contribution in [-0.2, 0) is 17.6 Å². The number of aliphatic hydroxyl groups excluding tert-OH is 2. The normalized spacial score (nSPS) is 23.5. The van der Waals surface area contributed by atoms with Crippen molar-refractivity contribution in [3.8, 4) is 0 Å². The van der Waals surface area contributed by atoms with Gasteiger partial charge in [-0.05, 0) is 30.2 Å². The zero-order valence-electron chi connectivity index (χ0n) is 23.0. The van der Waals surface area contributed by atoms with Gasteiger partial charge in [0, 0.05) is 56.5 Å². The molecule has 1 aromatic carbocycles. The van der Waals surface area contributed by atoms with Crippen molar-refractivity contribution in [2.45, 2.75) is 58.2 Å². The molecule has 3 aromatic rings. The summed E-state index contributed by atoms with van der Waals surface area (Å²) in [5, 5.41) is 20.2. The summed E-state index contributed by atoms with van der Waals surface area (Å²) in [5.74, 6) is 2.02. The summed E-state index contributed by atoms with van der Waals surface area (Å²) in [5.41, 5.74) is 8.62. The molecule has 2 fully saturated rings. The minimum atomic E-state index is -1.25. The number of anilines is 3. The Kier molecular flexibility index (Phi) is 9.16. The lowest BCUT2D eigenvalue weighted by Crippen LogP contribution is -2.50.